The van der Waals surface area contributed by atoms with Gasteiger partial charge in [0, 0.05) is 25.7 Å². The van der Waals surface area contributed by atoms with E-state index in [2.05, 4.69) is 17.2 Å². The number of nitrogens with zero attached hydrogens (tertiary/aromatic N) is 4. The second kappa shape index (κ2) is 9.38. The van der Waals surface area contributed by atoms with Crippen molar-refractivity contribution in [3.63, 3.8) is 0 Å². The summed E-state index contributed by atoms with van der Waals surface area (Å²) in [5.41, 5.74) is 0.692. The molecule has 0 saturated heterocycles. The third-order valence-electron chi connectivity index (χ3n) is 5.24. The van der Waals surface area contributed by atoms with Crippen LogP contribution >= 0.6 is 11.6 Å². The molecule has 0 atom stereocenters. The van der Waals surface area contributed by atoms with Gasteiger partial charge in [-0.2, -0.15) is 4.98 Å². The Hall–Kier alpha value is -2.74. The lowest BCUT2D eigenvalue weighted by Crippen LogP contribution is -2.37. The summed E-state index contributed by atoms with van der Waals surface area (Å²) in [6.45, 7) is 3.21. The first-order valence-electron chi connectivity index (χ1n) is 10.1. The van der Waals surface area contributed by atoms with Gasteiger partial charge in [-0.3, -0.25) is 18.5 Å². The normalized spacial score (nSPS) is 11.2. The van der Waals surface area contributed by atoms with E-state index in [0.29, 0.717) is 34.4 Å². The maximum Gasteiger partial charge on any atom is 0.332 e. The molecule has 0 radical (unpaired) electrons. The Morgan fingerprint density at radius 2 is 1.90 bits per heavy atom. The minimum atomic E-state index is -0.411. The lowest BCUT2D eigenvalue weighted by Gasteiger charge is -2.13. The van der Waals surface area contributed by atoms with Crippen LogP contribution in [0.15, 0.2) is 27.8 Å². The highest BCUT2D eigenvalue weighted by Gasteiger charge is 2.20. The number of halogens is 1. The maximum absolute atomic E-state index is 13.0. The number of anilines is 1. The molecule has 0 aliphatic rings. The Bertz CT molecular complexity index is 1160. The number of aromatic nitrogens is 4. The van der Waals surface area contributed by atoms with Gasteiger partial charge >= 0.3 is 5.69 Å². The van der Waals surface area contributed by atoms with Crippen LogP contribution in [0.1, 0.15) is 38.2 Å². The van der Waals surface area contributed by atoms with Crippen molar-refractivity contribution < 1.29 is 4.74 Å². The van der Waals surface area contributed by atoms with Gasteiger partial charge in [-0.1, -0.05) is 37.8 Å². The van der Waals surface area contributed by atoms with E-state index >= 15 is 0 Å². The number of hydrogen-bond acceptors (Lipinski definition) is 5. The van der Waals surface area contributed by atoms with Gasteiger partial charge in [0.1, 0.15) is 5.75 Å². The molecule has 30 heavy (non-hydrogen) atoms. The fraction of sp³-hybridized carbons (Fsp3) is 0.476. The third kappa shape index (κ3) is 4.23. The lowest BCUT2D eigenvalue weighted by atomic mass is 10.2. The second-order valence-corrected chi connectivity index (χ2v) is 7.75. The van der Waals surface area contributed by atoms with E-state index in [0.717, 1.165) is 35.9 Å². The molecule has 0 fully saturated rings. The fourth-order valence-corrected chi connectivity index (χ4v) is 3.63. The molecule has 0 unspecified atom stereocenters. The highest BCUT2D eigenvalue weighted by molar-refractivity contribution is 6.31. The first-order valence-corrected chi connectivity index (χ1v) is 10.5. The third-order valence-corrected chi connectivity index (χ3v) is 5.61. The van der Waals surface area contributed by atoms with Crippen LogP contribution < -0.4 is 21.3 Å². The van der Waals surface area contributed by atoms with Gasteiger partial charge in [-0.05, 0) is 30.2 Å². The highest BCUT2D eigenvalue weighted by Crippen LogP contribution is 2.25. The number of rotatable bonds is 9. The standard InChI is InChI=1S/C21H28ClN5O3/c1-5-6-7-8-11-23-20-24-18-17(19(28)26(3)21(29)25(18)2)27(20)13-14-12-15(30-4)9-10-16(14)22/h9-10,12H,5-8,11,13H2,1-4H3,(H,23,24). The summed E-state index contributed by atoms with van der Waals surface area (Å²) in [7, 11) is 4.68. The van der Waals surface area contributed by atoms with E-state index in [9.17, 15) is 9.59 Å². The summed E-state index contributed by atoms with van der Waals surface area (Å²) < 4.78 is 9.59. The number of nitrogens with one attached hydrogen (secondary N) is 1. The second-order valence-electron chi connectivity index (χ2n) is 7.34. The van der Waals surface area contributed by atoms with E-state index in [4.69, 9.17) is 16.3 Å². The summed E-state index contributed by atoms with van der Waals surface area (Å²) in [5, 5.41) is 3.90. The first-order chi connectivity index (χ1) is 14.4. The molecule has 1 aromatic carbocycles. The molecule has 2 aromatic heterocycles. The molecule has 0 aliphatic heterocycles. The van der Waals surface area contributed by atoms with Gasteiger partial charge in [0.05, 0.1) is 13.7 Å². The van der Waals surface area contributed by atoms with Crippen LogP contribution in [0, 0.1) is 0 Å². The summed E-state index contributed by atoms with van der Waals surface area (Å²) >= 11 is 6.41. The molecule has 9 heteroatoms. The molecule has 0 aliphatic carbocycles. The van der Waals surface area contributed by atoms with Crippen molar-refractivity contribution in [3.8, 4) is 5.75 Å². The largest absolute Gasteiger partial charge is 0.497 e. The molecular formula is C21H28ClN5O3. The molecule has 0 saturated carbocycles. The molecule has 0 amide bonds. The Morgan fingerprint density at radius 3 is 2.60 bits per heavy atom. The van der Waals surface area contributed by atoms with Gasteiger partial charge in [0.2, 0.25) is 5.95 Å². The quantitative estimate of drug-likeness (QED) is 0.524. The molecule has 8 nitrogen and oxygen atoms in total. The number of hydrogen-bond donors (Lipinski definition) is 1. The lowest BCUT2D eigenvalue weighted by molar-refractivity contribution is 0.414. The highest BCUT2D eigenvalue weighted by atomic mass is 35.5. The van der Waals surface area contributed by atoms with E-state index in [1.165, 1.54) is 18.0 Å². The average molecular weight is 434 g/mol. The van der Waals surface area contributed by atoms with Crippen LogP contribution in [0.3, 0.4) is 0 Å². The molecule has 3 rings (SSSR count). The van der Waals surface area contributed by atoms with Crippen molar-refractivity contribution in [2.45, 2.75) is 39.2 Å². The van der Waals surface area contributed by atoms with Crippen LogP contribution in [-0.4, -0.2) is 32.3 Å². The number of aryl methyl sites for hydroxylation is 1. The Kier molecular flexibility index (Phi) is 6.87. The molecule has 3 aromatic rings. The SMILES string of the molecule is CCCCCCNc1nc2c(c(=O)n(C)c(=O)n2C)n1Cc1cc(OC)ccc1Cl. The summed E-state index contributed by atoms with van der Waals surface area (Å²) in [6, 6.07) is 5.39. The fourth-order valence-electron chi connectivity index (χ4n) is 3.46. The van der Waals surface area contributed by atoms with Crippen LogP contribution in [0.2, 0.25) is 5.02 Å². The first kappa shape index (κ1) is 22.0. The van der Waals surface area contributed by atoms with Gasteiger partial charge in [-0.15, -0.1) is 0 Å². The van der Waals surface area contributed by atoms with E-state index in [1.807, 2.05) is 6.07 Å². The number of fused-ring (bicyclic) bond motifs is 1. The molecule has 162 valence electrons. The van der Waals surface area contributed by atoms with Crippen LogP contribution in [0.5, 0.6) is 5.75 Å². The number of methoxy groups -OCH3 is 1. The maximum atomic E-state index is 13.0. The predicted molar refractivity (Wildman–Crippen MR) is 120 cm³/mol. The van der Waals surface area contributed by atoms with Crippen molar-refractivity contribution >= 4 is 28.7 Å². The zero-order chi connectivity index (χ0) is 21.8. The van der Waals surface area contributed by atoms with Crippen molar-refractivity contribution in [2.24, 2.45) is 14.1 Å². The van der Waals surface area contributed by atoms with Crippen molar-refractivity contribution in [1.82, 2.24) is 18.7 Å². The smallest absolute Gasteiger partial charge is 0.332 e. The molecule has 1 N–H and O–H groups in total. The molecule has 0 spiro atoms. The summed E-state index contributed by atoms with van der Waals surface area (Å²) in [6.07, 6.45) is 4.44. The summed E-state index contributed by atoms with van der Waals surface area (Å²) in [5.74, 6) is 1.21. The number of benzene rings is 1. The zero-order valence-electron chi connectivity index (χ0n) is 17.9. The predicted octanol–water partition coefficient (Wildman–Crippen LogP) is 3.14. The van der Waals surface area contributed by atoms with Crippen LogP contribution in [-0.2, 0) is 20.6 Å². The Balaban J connectivity index is 2.10. The van der Waals surface area contributed by atoms with Crippen LogP contribution in [0.4, 0.5) is 5.95 Å². The van der Waals surface area contributed by atoms with Gasteiger partial charge in [0.15, 0.2) is 11.2 Å². The van der Waals surface area contributed by atoms with Crippen LogP contribution in [0.25, 0.3) is 11.2 Å². The zero-order valence-corrected chi connectivity index (χ0v) is 18.6. The van der Waals surface area contributed by atoms with E-state index in [-0.39, 0.29) is 0 Å². The molecule has 2 heterocycles. The molecular weight excluding hydrogens is 406 g/mol. The number of ether oxygens (including phenoxy) is 1. The van der Waals surface area contributed by atoms with Gasteiger partial charge < -0.3 is 10.1 Å². The summed E-state index contributed by atoms with van der Waals surface area (Å²) in [4.78, 5) is 29.9. The minimum absolute atomic E-state index is 0.317. The average Bonchev–Trinajstić information content (AvgIpc) is 3.10. The van der Waals surface area contributed by atoms with Crippen molar-refractivity contribution in [3.05, 3.63) is 49.6 Å². The van der Waals surface area contributed by atoms with E-state index < -0.39 is 11.2 Å². The van der Waals surface area contributed by atoms with Gasteiger partial charge in [0.25, 0.3) is 5.56 Å². The Labute approximate surface area is 180 Å². The van der Waals surface area contributed by atoms with E-state index in [1.54, 1.807) is 30.9 Å². The number of unbranched alkanes of at least 4 members (excludes halogenated alkanes) is 3. The van der Waals surface area contributed by atoms with Crippen molar-refractivity contribution in [2.75, 3.05) is 19.0 Å². The number of imidazole rings is 1. The Morgan fingerprint density at radius 1 is 1.13 bits per heavy atom. The van der Waals surface area contributed by atoms with Gasteiger partial charge in [-0.25, -0.2) is 4.79 Å². The molecule has 0 bridgehead atoms. The minimum Gasteiger partial charge on any atom is -0.497 e. The van der Waals surface area contributed by atoms with Crippen molar-refractivity contribution in [1.29, 1.82) is 0 Å². The monoisotopic (exact) mass is 433 g/mol. The topological polar surface area (TPSA) is 83.1 Å².